The molecule has 200 valence electrons. The number of benzene rings is 1. The number of morpholine rings is 1. The summed E-state index contributed by atoms with van der Waals surface area (Å²) in [5.74, 6) is 2.56. The number of aliphatic hydroxyl groups excluding tert-OH is 1. The monoisotopic (exact) mass is 530 g/mol. The fraction of sp³-hybridized carbons (Fsp3) is 0.577. The average molecular weight is 531 g/mol. The lowest BCUT2D eigenvalue weighted by atomic mass is 10.2. The van der Waals surface area contributed by atoms with Gasteiger partial charge in [0.1, 0.15) is 17.1 Å². The van der Waals surface area contributed by atoms with Gasteiger partial charge >= 0.3 is 0 Å². The molecule has 11 heteroatoms. The molecule has 1 aromatic heterocycles. The SMILES string of the molecule is COc1ccc(CNc2nc(N3CC4CC4C3CO)ncc2C(=O)N(C)CCN2CCOCC2)cc1Cl. The Morgan fingerprint density at radius 2 is 2.16 bits per heavy atom. The van der Waals surface area contributed by atoms with E-state index in [-0.39, 0.29) is 18.6 Å². The van der Waals surface area contributed by atoms with E-state index in [0.29, 0.717) is 53.0 Å². The standard InChI is InChI=1S/C26H35ClN6O4/c1-31(5-6-32-7-9-37-10-8-32)25(35)20-14-29-26(33-15-18-12-19(18)22(33)16-34)30-24(20)28-13-17-3-4-23(36-2)21(27)11-17/h3-4,11,14,18-19,22,34H,5-10,12-13,15-16H2,1-2H3,(H,28,29,30). The number of likely N-dealkylation sites (N-methyl/N-ethyl adjacent to an activating group) is 1. The minimum atomic E-state index is -0.141. The lowest BCUT2D eigenvalue weighted by Gasteiger charge is -2.29. The second-order valence-corrected chi connectivity index (χ2v) is 10.4. The van der Waals surface area contributed by atoms with Gasteiger partial charge < -0.3 is 29.7 Å². The Balaban J connectivity index is 1.34. The van der Waals surface area contributed by atoms with Crippen LogP contribution >= 0.6 is 11.6 Å². The number of halogens is 1. The van der Waals surface area contributed by atoms with E-state index < -0.39 is 0 Å². The molecule has 2 aliphatic heterocycles. The van der Waals surface area contributed by atoms with Crippen LogP contribution in [0.4, 0.5) is 11.8 Å². The Morgan fingerprint density at radius 1 is 1.35 bits per heavy atom. The van der Waals surface area contributed by atoms with Crippen LogP contribution in [0, 0.1) is 11.8 Å². The number of anilines is 2. The van der Waals surface area contributed by atoms with Crippen LogP contribution in [0.3, 0.4) is 0 Å². The first kappa shape index (κ1) is 26.0. The van der Waals surface area contributed by atoms with Gasteiger partial charge in [-0.25, -0.2) is 4.98 Å². The topological polar surface area (TPSA) is 103 Å². The molecule has 1 saturated carbocycles. The number of methoxy groups -OCH3 is 1. The van der Waals surface area contributed by atoms with Crippen LogP contribution in [-0.4, -0.2) is 104 Å². The number of hydrogen-bond donors (Lipinski definition) is 2. The number of rotatable bonds is 10. The number of fused-ring (bicyclic) bond motifs is 1. The van der Waals surface area contributed by atoms with Crippen LogP contribution in [0.1, 0.15) is 22.3 Å². The number of carbonyl (C=O) groups excluding carboxylic acids is 1. The van der Waals surface area contributed by atoms with Crippen LogP contribution in [0.2, 0.25) is 5.02 Å². The van der Waals surface area contributed by atoms with Crippen LogP contribution in [0.15, 0.2) is 24.4 Å². The van der Waals surface area contributed by atoms with E-state index >= 15 is 0 Å². The van der Waals surface area contributed by atoms with Gasteiger partial charge in [-0.3, -0.25) is 9.69 Å². The van der Waals surface area contributed by atoms with E-state index in [0.717, 1.165) is 51.4 Å². The van der Waals surface area contributed by atoms with Crippen molar-refractivity contribution >= 4 is 29.3 Å². The summed E-state index contributed by atoms with van der Waals surface area (Å²) in [6.45, 7) is 5.91. The van der Waals surface area contributed by atoms with E-state index in [1.54, 1.807) is 25.3 Å². The number of aromatic nitrogens is 2. The minimum Gasteiger partial charge on any atom is -0.495 e. The van der Waals surface area contributed by atoms with Gasteiger partial charge in [0.25, 0.3) is 5.91 Å². The number of aliphatic hydroxyl groups is 1. The van der Waals surface area contributed by atoms with Crippen LogP contribution in [-0.2, 0) is 11.3 Å². The Kier molecular flexibility index (Phi) is 7.99. The zero-order valence-corrected chi connectivity index (χ0v) is 22.2. The van der Waals surface area contributed by atoms with Crippen LogP contribution in [0.25, 0.3) is 0 Å². The third-order valence-corrected chi connectivity index (χ3v) is 7.93. The van der Waals surface area contributed by atoms with Gasteiger partial charge in [-0.2, -0.15) is 4.98 Å². The quantitative estimate of drug-likeness (QED) is 0.477. The maximum atomic E-state index is 13.5. The summed E-state index contributed by atoms with van der Waals surface area (Å²) in [5, 5.41) is 13.8. The van der Waals surface area contributed by atoms with Crippen molar-refractivity contribution in [3.63, 3.8) is 0 Å². The molecule has 0 spiro atoms. The summed E-state index contributed by atoms with van der Waals surface area (Å²) in [4.78, 5) is 28.9. The number of nitrogens with one attached hydrogen (secondary N) is 1. The minimum absolute atomic E-state index is 0.0241. The van der Waals surface area contributed by atoms with Gasteiger partial charge in [0.15, 0.2) is 0 Å². The van der Waals surface area contributed by atoms with E-state index in [4.69, 9.17) is 26.1 Å². The highest BCUT2D eigenvalue weighted by atomic mass is 35.5. The molecule has 3 heterocycles. The largest absolute Gasteiger partial charge is 0.495 e. The molecule has 2 saturated heterocycles. The molecule has 2 aromatic rings. The zero-order chi connectivity index (χ0) is 25.9. The number of amides is 1. The van der Waals surface area contributed by atoms with E-state index in [2.05, 4.69) is 20.1 Å². The molecule has 3 fully saturated rings. The number of ether oxygens (including phenoxy) is 2. The molecular formula is C26H35ClN6O4. The number of hydrogen-bond acceptors (Lipinski definition) is 9. The average Bonchev–Trinajstić information content (AvgIpc) is 3.60. The smallest absolute Gasteiger partial charge is 0.258 e. The maximum absolute atomic E-state index is 13.5. The summed E-state index contributed by atoms with van der Waals surface area (Å²) in [6.07, 6.45) is 2.76. The van der Waals surface area contributed by atoms with Gasteiger partial charge in [0, 0.05) is 52.5 Å². The number of nitrogens with zero attached hydrogens (tertiary/aromatic N) is 5. The van der Waals surface area contributed by atoms with Gasteiger partial charge in [-0.1, -0.05) is 17.7 Å². The molecule has 1 aliphatic carbocycles. The van der Waals surface area contributed by atoms with E-state index in [9.17, 15) is 9.90 Å². The maximum Gasteiger partial charge on any atom is 0.258 e. The van der Waals surface area contributed by atoms with Crippen LogP contribution in [0.5, 0.6) is 5.75 Å². The second-order valence-electron chi connectivity index (χ2n) is 10.00. The lowest BCUT2D eigenvalue weighted by Crippen LogP contribution is -2.42. The Hall–Kier alpha value is -2.66. The second kappa shape index (κ2) is 11.4. The summed E-state index contributed by atoms with van der Waals surface area (Å²) in [5.41, 5.74) is 1.35. The van der Waals surface area contributed by atoms with Crippen molar-refractivity contribution in [2.75, 3.05) is 76.9 Å². The molecule has 3 unspecified atom stereocenters. The molecule has 3 atom stereocenters. The van der Waals surface area contributed by atoms with Crippen LogP contribution < -0.4 is 15.0 Å². The normalized spacial score (nSPS) is 23.0. The first-order chi connectivity index (χ1) is 18.0. The fourth-order valence-corrected chi connectivity index (χ4v) is 5.55. The summed E-state index contributed by atoms with van der Waals surface area (Å²) in [7, 11) is 3.39. The predicted octanol–water partition coefficient (Wildman–Crippen LogP) is 1.97. The van der Waals surface area contributed by atoms with Crippen molar-refractivity contribution < 1.29 is 19.4 Å². The highest BCUT2D eigenvalue weighted by Gasteiger charge is 2.53. The Bertz CT molecular complexity index is 1110. The Morgan fingerprint density at radius 3 is 2.89 bits per heavy atom. The highest BCUT2D eigenvalue weighted by molar-refractivity contribution is 6.32. The van der Waals surface area contributed by atoms with Gasteiger partial charge in [-0.15, -0.1) is 0 Å². The van der Waals surface area contributed by atoms with Crippen molar-refractivity contribution in [2.24, 2.45) is 11.8 Å². The van der Waals surface area contributed by atoms with E-state index in [1.165, 1.54) is 0 Å². The van der Waals surface area contributed by atoms with Gasteiger partial charge in [0.2, 0.25) is 5.95 Å². The van der Waals surface area contributed by atoms with Crippen molar-refractivity contribution in [1.29, 1.82) is 0 Å². The molecule has 5 rings (SSSR count). The first-order valence-corrected chi connectivity index (χ1v) is 13.2. The third-order valence-electron chi connectivity index (χ3n) is 7.63. The highest BCUT2D eigenvalue weighted by Crippen LogP contribution is 2.50. The fourth-order valence-electron chi connectivity index (χ4n) is 5.27. The molecule has 1 aromatic carbocycles. The molecule has 0 radical (unpaired) electrons. The summed E-state index contributed by atoms with van der Waals surface area (Å²) in [6, 6.07) is 5.60. The summed E-state index contributed by atoms with van der Waals surface area (Å²) >= 11 is 6.31. The van der Waals surface area contributed by atoms with Crippen molar-refractivity contribution in [2.45, 2.75) is 19.0 Å². The van der Waals surface area contributed by atoms with Crippen molar-refractivity contribution in [3.05, 3.63) is 40.5 Å². The third kappa shape index (κ3) is 5.77. The molecular weight excluding hydrogens is 496 g/mol. The molecule has 3 aliphatic rings. The predicted molar refractivity (Wildman–Crippen MR) is 141 cm³/mol. The van der Waals surface area contributed by atoms with Gasteiger partial charge in [0.05, 0.1) is 38.0 Å². The number of carbonyl (C=O) groups is 1. The van der Waals surface area contributed by atoms with Gasteiger partial charge in [-0.05, 0) is 36.0 Å². The molecule has 2 N–H and O–H groups in total. The lowest BCUT2D eigenvalue weighted by molar-refractivity contribution is 0.0338. The van der Waals surface area contributed by atoms with Crippen molar-refractivity contribution in [1.82, 2.24) is 19.8 Å². The zero-order valence-electron chi connectivity index (χ0n) is 21.4. The molecule has 37 heavy (non-hydrogen) atoms. The molecule has 1 amide bonds. The molecule has 10 nitrogen and oxygen atoms in total. The Labute approximate surface area is 222 Å². The summed E-state index contributed by atoms with van der Waals surface area (Å²) < 4.78 is 10.7. The first-order valence-electron chi connectivity index (χ1n) is 12.8. The number of piperidine rings is 1. The van der Waals surface area contributed by atoms with E-state index in [1.807, 2.05) is 18.2 Å². The van der Waals surface area contributed by atoms with Crippen molar-refractivity contribution in [3.8, 4) is 5.75 Å². The molecule has 0 bridgehead atoms.